The van der Waals surface area contributed by atoms with E-state index in [9.17, 15) is 13.5 Å². The van der Waals surface area contributed by atoms with E-state index in [-0.39, 0.29) is 17.5 Å². The van der Waals surface area contributed by atoms with E-state index in [0.29, 0.717) is 37.7 Å². The summed E-state index contributed by atoms with van der Waals surface area (Å²) in [5.41, 5.74) is 0. The molecular formula is C14H19NO5S. The van der Waals surface area contributed by atoms with Gasteiger partial charge in [0.05, 0.1) is 24.7 Å². The maximum Gasteiger partial charge on any atom is 0.243 e. The van der Waals surface area contributed by atoms with Crippen molar-refractivity contribution in [2.24, 2.45) is 0 Å². The maximum absolute atomic E-state index is 12.7. The molecule has 0 radical (unpaired) electrons. The summed E-state index contributed by atoms with van der Waals surface area (Å²) in [6, 6.07) is 4.36. The van der Waals surface area contributed by atoms with Crippen molar-refractivity contribution in [3.8, 4) is 11.5 Å². The number of rotatable bonds is 3. The van der Waals surface area contributed by atoms with Crippen molar-refractivity contribution < 1.29 is 23.0 Å². The fraction of sp³-hybridized carbons (Fsp3) is 0.571. The van der Waals surface area contributed by atoms with E-state index in [4.69, 9.17) is 9.47 Å². The molecule has 0 saturated carbocycles. The van der Waals surface area contributed by atoms with Gasteiger partial charge < -0.3 is 14.6 Å². The second-order valence-corrected chi connectivity index (χ2v) is 7.14. The van der Waals surface area contributed by atoms with Crippen LogP contribution in [-0.2, 0) is 10.0 Å². The zero-order valence-corrected chi connectivity index (χ0v) is 12.5. The molecule has 1 aromatic carbocycles. The molecule has 0 spiro atoms. The lowest BCUT2D eigenvalue weighted by Crippen LogP contribution is -2.37. The summed E-state index contributed by atoms with van der Waals surface area (Å²) >= 11 is 0. The number of aliphatic hydroxyl groups is 1. The molecule has 2 aliphatic rings. The molecule has 1 saturated heterocycles. The monoisotopic (exact) mass is 313 g/mol. The summed E-state index contributed by atoms with van der Waals surface area (Å²) in [4.78, 5) is 0.187. The van der Waals surface area contributed by atoms with E-state index in [1.54, 1.807) is 6.07 Å². The molecule has 1 N–H and O–H groups in total. The molecule has 3 rings (SSSR count). The number of fused-ring (bicyclic) bond motifs is 1. The first-order chi connectivity index (χ1) is 10.1. The summed E-state index contributed by atoms with van der Waals surface area (Å²) in [6.45, 7) is 1.38. The van der Waals surface area contributed by atoms with E-state index in [2.05, 4.69) is 0 Å². The van der Waals surface area contributed by atoms with Crippen molar-refractivity contribution >= 4 is 10.0 Å². The Morgan fingerprint density at radius 1 is 1.19 bits per heavy atom. The second-order valence-electron chi connectivity index (χ2n) is 5.25. The first kappa shape index (κ1) is 14.6. The molecule has 2 aliphatic heterocycles. The van der Waals surface area contributed by atoms with Crippen LogP contribution in [0.1, 0.15) is 19.3 Å². The van der Waals surface area contributed by atoms with Crippen LogP contribution in [0, 0.1) is 0 Å². The van der Waals surface area contributed by atoms with Gasteiger partial charge in [-0.15, -0.1) is 0 Å². The van der Waals surface area contributed by atoms with Gasteiger partial charge in [-0.3, -0.25) is 0 Å². The Hall–Kier alpha value is -1.31. The number of ether oxygens (including phenoxy) is 2. The van der Waals surface area contributed by atoms with Crippen LogP contribution in [0.3, 0.4) is 0 Å². The quantitative estimate of drug-likeness (QED) is 0.901. The van der Waals surface area contributed by atoms with Crippen LogP contribution in [0.25, 0.3) is 0 Å². The summed E-state index contributed by atoms with van der Waals surface area (Å²) in [6.07, 6.45) is 2.24. The highest BCUT2D eigenvalue weighted by Crippen LogP contribution is 2.34. The second kappa shape index (κ2) is 5.82. The number of aliphatic hydroxyl groups excluding tert-OH is 1. The number of benzene rings is 1. The Balaban J connectivity index is 1.94. The van der Waals surface area contributed by atoms with Gasteiger partial charge in [-0.1, -0.05) is 0 Å². The fourth-order valence-electron chi connectivity index (χ4n) is 2.75. The van der Waals surface area contributed by atoms with Crippen LogP contribution in [0.2, 0.25) is 0 Å². The van der Waals surface area contributed by atoms with Crippen molar-refractivity contribution in [2.75, 3.05) is 26.4 Å². The van der Waals surface area contributed by atoms with E-state index in [1.807, 2.05) is 0 Å². The highest BCUT2D eigenvalue weighted by molar-refractivity contribution is 7.89. The normalized spacial score (nSPS) is 23.0. The molecule has 116 valence electrons. The molecule has 21 heavy (non-hydrogen) atoms. The first-order valence-electron chi connectivity index (χ1n) is 7.15. The summed E-state index contributed by atoms with van der Waals surface area (Å²) in [5, 5.41) is 9.33. The van der Waals surface area contributed by atoms with Gasteiger partial charge in [0.1, 0.15) is 0 Å². The Morgan fingerprint density at radius 2 is 1.95 bits per heavy atom. The maximum atomic E-state index is 12.7. The molecule has 6 nitrogen and oxygen atoms in total. The van der Waals surface area contributed by atoms with Crippen molar-refractivity contribution in [1.29, 1.82) is 0 Å². The lowest BCUT2D eigenvalue weighted by atomic mass is 10.2. The molecule has 1 atom stereocenters. The van der Waals surface area contributed by atoms with Crippen LogP contribution in [0.5, 0.6) is 11.5 Å². The SMILES string of the molecule is O=S(=O)(c1ccc2c(c1)OCCCO2)N1CCCC1CO. The van der Waals surface area contributed by atoms with Gasteiger partial charge >= 0.3 is 0 Å². The third-order valence-electron chi connectivity index (χ3n) is 3.86. The third-order valence-corrected chi connectivity index (χ3v) is 5.81. The van der Waals surface area contributed by atoms with Crippen molar-refractivity contribution in [3.63, 3.8) is 0 Å². The van der Waals surface area contributed by atoms with Gasteiger partial charge in [0, 0.05) is 25.1 Å². The van der Waals surface area contributed by atoms with Gasteiger partial charge in [0.2, 0.25) is 10.0 Å². The number of sulfonamides is 1. The standard InChI is InChI=1S/C14H19NO5S/c16-10-11-3-1-6-15(11)21(17,18)12-4-5-13-14(9-12)20-8-2-7-19-13/h4-5,9,11,16H,1-3,6-8,10H2. The smallest absolute Gasteiger partial charge is 0.243 e. The molecule has 7 heteroatoms. The Kier molecular flexibility index (Phi) is 4.05. The van der Waals surface area contributed by atoms with Gasteiger partial charge in [-0.25, -0.2) is 8.42 Å². The van der Waals surface area contributed by atoms with Gasteiger partial charge in [-0.05, 0) is 25.0 Å². The summed E-state index contributed by atoms with van der Waals surface area (Å²) < 4.78 is 37.8. The molecule has 1 aromatic rings. The molecule has 0 bridgehead atoms. The molecule has 0 aliphatic carbocycles. The van der Waals surface area contributed by atoms with Crippen molar-refractivity contribution in [1.82, 2.24) is 4.31 Å². The minimum absolute atomic E-state index is 0.149. The average molecular weight is 313 g/mol. The van der Waals surface area contributed by atoms with Crippen LogP contribution in [-0.4, -0.2) is 50.2 Å². The van der Waals surface area contributed by atoms with Gasteiger partial charge in [-0.2, -0.15) is 4.31 Å². The van der Waals surface area contributed by atoms with E-state index < -0.39 is 10.0 Å². The van der Waals surface area contributed by atoms with Gasteiger partial charge in [0.15, 0.2) is 11.5 Å². The van der Waals surface area contributed by atoms with E-state index in [0.717, 1.165) is 12.8 Å². The number of hydrogen-bond acceptors (Lipinski definition) is 5. The predicted octanol–water partition coefficient (Wildman–Crippen LogP) is 0.993. The molecule has 1 unspecified atom stereocenters. The molecule has 2 heterocycles. The third kappa shape index (κ3) is 2.73. The van der Waals surface area contributed by atoms with Crippen molar-refractivity contribution in [3.05, 3.63) is 18.2 Å². The Labute approximate surface area is 124 Å². The minimum Gasteiger partial charge on any atom is -0.490 e. The fourth-order valence-corrected chi connectivity index (χ4v) is 4.45. The number of nitrogens with zero attached hydrogens (tertiary/aromatic N) is 1. The van der Waals surface area contributed by atoms with Crippen molar-refractivity contribution in [2.45, 2.75) is 30.2 Å². The van der Waals surface area contributed by atoms with Crippen LogP contribution in [0.15, 0.2) is 23.1 Å². The minimum atomic E-state index is -3.61. The summed E-state index contributed by atoms with van der Waals surface area (Å²) in [5.74, 6) is 1.04. The molecule has 0 amide bonds. The lowest BCUT2D eigenvalue weighted by molar-refractivity contribution is 0.213. The predicted molar refractivity (Wildman–Crippen MR) is 76.0 cm³/mol. The molecule has 1 fully saturated rings. The highest BCUT2D eigenvalue weighted by Gasteiger charge is 2.35. The number of hydrogen-bond donors (Lipinski definition) is 1. The van der Waals surface area contributed by atoms with Crippen LogP contribution >= 0.6 is 0 Å². The van der Waals surface area contributed by atoms with E-state index in [1.165, 1.54) is 16.4 Å². The largest absolute Gasteiger partial charge is 0.490 e. The van der Waals surface area contributed by atoms with Gasteiger partial charge in [0.25, 0.3) is 0 Å². The van der Waals surface area contributed by atoms with Crippen LogP contribution < -0.4 is 9.47 Å². The molecular weight excluding hydrogens is 294 g/mol. The zero-order valence-electron chi connectivity index (χ0n) is 11.7. The highest BCUT2D eigenvalue weighted by atomic mass is 32.2. The molecule has 0 aromatic heterocycles. The zero-order chi connectivity index (χ0) is 14.9. The topological polar surface area (TPSA) is 76.1 Å². The summed E-state index contributed by atoms with van der Waals surface area (Å²) in [7, 11) is -3.61. The van der Waals surface area contributed by atoms with E-state index >= 15 is 0 Å². The Bertz CT molecular complexity index is 616. The Morgan fingerprint density at radius 3 is 2.71 bits per heavy atom. The van der Waals surface area contributed by atoms with Crippen LogP contribution in [0.4, 0.5) is 0 Å². The first-order valence-corrected chi connectivity index (χ1v) is 8.59. The lowest BCUT2D eigenvalue weighted by Gasteiger charge is -2.22. The average Bonchev–Trinajstić information content (AvgIpc) is 2.85.